The molecule has 0 amide bonds. The monoisotopic (exact) mass is 256 g/mol. The van der Waals surface area contributed by atoms with Crippen LogP contribution in [0.4, 0.5) is 0 Å². The fourth-order valence-corrected chi connectivity index (χ4v) is 1.79. The van der Waals surface area contributed by atoms with Gasteiger partial charge in [-0.1, -0.05) is 6.42 Å². The summed E-state index contributed by atoms with van der Waals surface area (Å²) in [5, 5.41) is 0. The van der Waals surface area contributed by atoms with Gasteiger partial charge in [-0.25, -0.2) is 8.42 Å². The zero-order chi connectivity index (χ0) is 11.1. The van der Waals surface area contributed by atoms with E-state index in [-0.39, 0.29) is 12.4 Å². The Hall–Kier alpha value is 0.160. The van der Waals surface area contributed by atoms with Crippen LogP contribution in [0, 0.1) is 5.92 Å². The van der Waals surface area contributed by atoms with Crippen molar-refractivity contribution in [1.29, 1.82) is 0 Å². The van der Waals surface area contributed by atoms with E-state index in [4.69, 9.17) is 20.2 Å². The van der Waals surface area contributed by atoms with Crippen LogP contribution in [0.1, 0.15) is 19.3 Å². The standard InChI is InChI=1S/C9H17ClO4S/c10-15(11,12)7-6-13-4-5-14-8-9-2-1-3-9/h9H,1-8H2. The molecule has 0 aromatic rings. The Morgan fingerprint density at radius 1 is 1.13 bits per heavy atom. The maximum atomic E-state index is 10.5. The molecule has 6 heteroatoms. The molecule has 1 rings (SSSR count). The Kier molecular flexibility index (Phi) is 5.89. The molecule has 0 heterocycles. The molecule has 0 bridgehead atoms. The Balaban J connectivity index is 1.80. The van der Waals surface area contributed by atoms with Gasteiger partial charge in [-0.3, -0.25) is 0 Å². The molecule has 1 aliphatic carbocycles. The molecular formula is C9H17ClO4S. The van der Waals surface area contributed by atoms with Gasteiger partial charge < -0.3 is 9.47 Å². The van der Waals surface area contributed by atoms with Gasteiger partial charge in [-0.05, 0) is 18.8 Å². The summed E-state index contributed by atoms with van der Waals surface area (Å²) in [7, 11) is 1.58. The molecule has 0 radical (unpaired) electrons. The second-order valence-electron chi connectivity index (χ2n) is 3.73. The first-order valence-electron chi connectivity index (χ1n) is 5.16. The molecule has 0 aromatic carbocycles. The third kappa shape index (κ3) is 7.11. The van der Waals surface area contributed by atoms with Gasteiger partial charge in [0.2, 0.25) is 9.05 Å². The van der Waals surface area contributed by atoms with Crippen LogP contribution >= 0.6 is 10.7 Å². The number of hydrogen-bond donors (Lipinski definition) is 0. The topological polar surface area (TPSA) is 52.6 Å². The molecule has 0 aromatic heterocycles. The van der Waals surface area contributed by atoms with Crippen molar-refractivity contribution in [3.8, 4) is 0 Å². The van der Waals surface area contributed by atoms with Gasteiger partial charge >= 0.3 is 0 Å². The summed E-state index contributed by atoms with van der Waals surface area (Å²) < 4.78 is 31.4. The Bertz CT molecular complexity index is 261. The predicted octanol–water partition coefficient (Wildman–Crippen LogP) is 1.39. The summed E-state index contributed by atoms with van der Waals surface area (Å²) >= 11 is 0. The molecule has 0 saturated heterocycles. The van der Waals surface area contributed by atoms with Crippen LogP contribution in [0.25, 0.3) is 0 Å². The van der Waals surface area contributed by atoms with E-state index in [0.29, 0.717) is 13.2 Å². The van der Waals surface area contributed by atoms with Crippen molar-refractivity contribution in [3.63, 3.8) is 0 Å². The van der Waals surface area contributed by atoms with Gasteiger partial charge in [0.1, 0.15) is 0 Å². The highest BCUT2D eigenvalue weighted by molar-refractivity contribution is 8.13. The summed E-state index contributed by atoms with van der Waals surface area (Å²) in [5.74, 6) is 0.588. The van der Waals surface area contributed by atoms with E-state index in [0.717, 1.165) is 12.5 Å². The lowest BCUT2D eigenvalue weighted by atomic mass is 9.86. The van der Waals surface area contributed by atoms with E-state index >= 15 is 0 Å². The zero-order valence-corrected chi connectivity index (χ0v) is 10.2. The Morgan fingerprint density at radius 3 is 2.33 bits per heavy atom. The number of hydrogen-bond acceptors (Lipinski definition) is 4. The molecule has 0 N–H and O–H groups in total. The van der Waals surface area contributed by atoms with Gasteiger partial charge in [0.25, 0.3) is 0 Å². The smallest absolute Gasteiger partial charge is 0.234 e. The van der Waals surface area contributed by atoms with Gasteiger partial charge in [0.15, 0.2) is 0 Å². The molecule has 1 aliphatic rings. The highest BCUT2D eigenvalue weighted by Crippen LogP contribution is 2.26. The quantitative estimate of drug-likeness (QED) is 0.486. The van der Waals surface area contributed by atoms with Crippen LogP contribution in [0.15, 0.2) is 0 Å². The van der Waals surface area contributed by atoms with Crippen molar-refractivity contribution in [2.24, 2.45) is 5.92 Å². The van der Waals surface area contributed by atoms with Crippen molar-refractivity contribution in [1.82, 2.24) is 0 Å². The second kappa shape index (κ2) is 6.68. The predicted molar refractivity (Wildman–Crippen MR) is 58.6 cm³/mol. The summed E-state index contributed by atoms with van der Waals surface area (Å²) in [4.78, 5) is 0. The van der Waals surface area contributed by atoms with Crippen LogP contribution in [-0.2, 0) is 18.5 Å². The zero-order valence-electron chi connectivity index (χ0n) is 8.65. The van der Waals surface area contributed by atoms with Crippen LogP contribution in [-0.4, -0.2) is 40.6 Å². The average molecular weight is 257 g/mol. The van der Waals surface area contributed by atoms with Crippen LogP contribution < -0.4 is 0 Å². The summed E-state index contributed by atoms with van der Waals surface area (Å²) in [6.45, 7) is 1.90. The van der Waals surface area contributed by atoms with Crippen molar-refractivity contribution in [3.05, 3.63) is 0 Å². The summed E-state index contributed by atoms with van der Waals surface area (Å²) in [6.07, 6.45) is 3.86. The van der Waals surface area contributed by atoms with E-state index in [2.05, 4.69) is 0 Å². The average Bonchev–Trinajstić information content (AvgIpc) is 2.04. The number of rotatable bonds is 8. The van der Waals surface area contributed by atoms with Gasteiger partial charge in [0.05, 0.1) is 25.6 Å². The minimum atomic E-state index is -3.42. The number of halogens is 1. The lowest BCUT2D eigenvalue weighted by molar-refractivity contribution is 0.0241. The van der Waals surface area contributed by atoms with Crippen molar-refractivity contribution in [2.75, 3.05) is 32.2 Å². The van der Waals surface area contributed by atoms with E-state index in [1.165, 1.54) is 19.3 Å². The first-order chi connectivity index (χ1) is 7.08. The molecule has 1 saturated carbocycles. The van der Waals surface area contributed by atoms with Crippen molar-refractivity contribution >= 4 is 19.7 Å². The fraction of sp³-hybridized carbons (Fsp3) is 1.00. The van der Waals surface area contributed by atoms with Gasteiger partial charge in [-0.2, -0.15) is 0 Å². The van der Waals surface area contributed by atoms with Crippen molar-refractivity contribution in [2.45, 2.75) is 19.3 Å². The molecule has 90 valence electrons. The largest absolute Gasteiger partial charge is 0.379 e. The third-order valence-electron chi connectivity index (χ3n) is 2.42. The molecule has 15 heavy (non-hydrogen) atoms. The van der Waals surface area contributed by atoms with Crippen molar-refractivity contribution < 1.29 is 17.9 Å². The highest BCUT2D eigenvalue weighted by Gasteiger charge is 2.16. The first kappa shape index (κ1) is 13.2. The highest BCUT2D eigenvalue weighted by atomic mass is 35.7. The third-order valence-corrected chi connectivity index (χ3v) is 3.54. The molecule has 1 fully saturated rings. The molecule has 0 aliphatic heterocycles. The minimum absolute atomic E-state index is 0.138. The van der Waals surface area contributed by atoms with Crippen LogP contribution in [0.5, 0.6) is 0 Å². The lowest BCUT2D eigenvalue weighted by Crippen LogP contribution is -2.19. The fourth-order valence-electron chi connectivity index (χ4n) is 1.29. The van der Waals surface area contributed by atoms with Crippen LogP contribution in [0.2, 0.25) is 0 Å². The minimum Gasteiger partial charge on any atom is -0.379 e. The molecule has 0 atom stereocenters. The van der Waals surface area contributed by atoms with E-state index in [1.54, 1.807) is 0 Å². The maximum absolute atomic E-state index is 10.5. The van der Waals surface area contributed by atoms with E-state index in [1.807, 2.05) is 0 Å². The Labute approximate surface area is 95.3 Å². The molecular weight excluding hydrogens is 240 g/mol. The molecule has 0 unspecified atom stereocenters. The SMILES string of the molecule is O=S(=O)(Cl)CCOCCOCC1CCC1. The number of ether oxygens (including phenoxy) is 2. The van der Waals surface area contributed by atoms with Gasteiger partial charge in [0, 0.05) is 17.3 Å². The van der Waals surface area contributed by atoms with Crippen LogP contribution in [0.3, 0.4) is 0 Å². The van der Waals surface area contributed by atoms with E-state index < -0.39 is 9.05 Å². The molecule has 4 nitrogen and oxygen atoms in total. The Morgan fingerprint density at radius 2 is 1.80 bits per heavy atom. The second-order valence-corrected chi connectivity index (χ2v) is 6.62. The van der Waals surface area contributed by atoms with Gasteiger partial charge in [-0.15, -0.1) is 0 Å². The molecule has 0 spiro atoms. The first-order valence-corrected chi connectivity index (χ1v) is 7.63. The lowest BCUT2D eigenvalue weighted by Gasteiger charge is -2.24. The summed E-state index contributed by atoms with van der Waals surface area (Å²) in [5.41, 5.74) is 0. The maximum Gasteiger partial charge on any atom is 0.234 e. The van der Waals surface area contributed by atoms with E-state index in [9.17, 15) is 8.42 Å². The normalized spacial score (nSPS) is 17.7. The summed E-state index contributed by atoms with van der Waals surface area (Å²) in [6, 6.07) is 0.